The molecular weight excluding hydrogens is 434 g/mol. The van der Waals surface area contributed by atoms with Gasteiger partial charge >= 0.3 is 0 Å². The van der Waals surface area contributed by atoms with Gasteiger partial charge in [0.05, 0.1) is 13.2 Å². The average molecular weight is 466 g/mol. The van der Waals surface area contributed by atoms with E-state index in [1.807, 2.05) is 32.0 Å². The van der Waals surface area contributed by atoms with E-state index >= 15 is 0 Å². The summed E-state index contributed by atoms with van der Waals surface area (Å²) in [4.78, 5) is 27.5. The number of likely N-dealkylation sites (tertiary alicyclic amines) is 1. The van der Waals surface area contributed by atoms with Crippen LogP contribution in [-0.2, 0) is 4.79 Å². The first-order valence-electron chi connectivity index (χ1n) is 11.7. The van der Waals surface area contributed by atoms with Crippen molar-refractivity contribution >= 4 is 17.8 Å². The lowest BCUT2D eigenvalue weighted by Gasteiger charge is -2.30. The van der Waals surface area contributed by atoms with Crippen molar-refractivity contribution in [3.63, 3.8) is 0 Å². The molecule has 2 aromatic carbocycles. The number of amides is 1. The first-order chi connectivity index (χ1) is 16.4. The highest BCUT2D eigenvalue weighted by Gasteiger charge is 2.28. The Labute approximate surface area is 200 Å². The summed E-state index contributed by atoms with van der Waals surface area (Å²) in [6, 6.07) is 10.9. The van der Waals surface area contributed by atoms with Crippen LogP contribution in [-0.4, -0.2) is 56.1 Å². The normalized spacial score (nSPS) is 16.1. The highest BCUT2D eigenvalue weighted by atomic mass is 16.6. The number of rotatable bonds is 7. The maximum absolute atomic E-state index is 13.0. The van der Waals surface area contributed by atoms with E-state index in [4.69, 9.17) is 18.9 Å². The van der Waals surface area contributed by atoms with E-state index in [2.05, 4.69) is 0 Å². The van der Waals surface area contributed by atoms with E-state index in [0.29, 0.717) is 67.7 Å². The van der Waals surface area contributed by atoms with Gasteiger partial charge in [0.1, 0.15) is 13.2 Å². The molecule has 0 N–H and O–H groups in total. The molecule has 0 atom stereocenters. The van der Waals surface area contributed by atoms with Gasteiger partial charge in [0.2, 0.25) is 5.91 Å². The first kappa shape index (κ1) is 23.7. The Balaban J connectivity index is 1.33. The van der Waals surface area contributed by atoms with Crippen LogP contribution in [0.15, 0.2) is 42.5 Å². The zero-order valence-electron chi connectivity index (χ0n) is 19.9. The lowest BCUT2D eigenvalue weighted by atomic mass is 9.88. The van der Waals surface area contributed by atoms with Crippen LogP contribution in [0.25, 0.3) is 6.08 Å². The highest BCUT2D eigenvalue weighted by molar-refractivity contribution is 5.99. The number of hydrogen-bond donors (Lipinski definition) is 0. The van der Waals surface area contributed by atoms with Gasteiger partial charge in [0.25, 0.3) is 0 Å². The van der Waals surface area contributed by atoms with Crippen molar-refractivity contribution in [2.45, 2.75) is 32.8 Å². The molecule has 2 heterocycles. The van der Waals surface area contributed by atoms with Crippen molar-refractivity contribution in [1.82, 2.24) is 4.90 Å². The van der Waals surface area contributed by atoms with E-state index in [9.17, 15) is 9.59 Å². The predicted octanol–water partition coefficient (Wildman–Crippen LogP) is 4.39. The summed E-state index contributed by atoms with van der Waals surface area (Å²) in [5, 5.41) is 0. The predicted molar refractivity (Wildman–Crippen MR) is 129 cm³/mol. The number of nitrogens with zero attached hydrogens (tertiary/aromatic N) is 1. The molecule has 7 nitrogen and oxygen atoms in total. The van der Waals surface area contributed by atoms with Crippen LogP contribution in [0.1, 0.15) is 42.6 Å². The molecule has 2 aliphatic heterocycles. The van der Waals surface area contributed by atoms with Crippen molar-refractivity contribution in [3.05, 3.63) is 53.6 Å². The number of fused-ring (bicyclic) bond motifs is 1. The molecule has 0 aliphatic carbocycles. The molecular formula is C27H31NO6. The topological polar surface area (TPSA) is 74.3 Å². The smallest absolute Gasteiger partial charge is 0.246 e. The van der Waals surface area contributed by atoms with Gasteiger partial charge in [-0.25, -0.2) is 0 Å². The number of piperidine rings is 1. The fourth-order valence-electron chi connectivity index (χ4n) is 4.21. The molecule has 0 spiro atoms. The molecule has 0 bridgehead atoms. The zero-order valence-corrected chi connectivity index (χ0v) is 19.9. The first-order valence-corrected chi connectivity index (χ1v) is 11.7. The van der Waals surface area contributed by atoms with Crippen molar-refractivity contribution in [3.8, 4) is 23.0 Å². The van der Waals surface area contributed by atoms with Crippen LogP contribution in [0, 0.1) is 5.92 Å². The van der Waals surface area contributed by atoms with Gasteiger partial charge in [-0.2, -0.15) is 0 Å². The molecule has 4 rings (SSSR count). The van der Waals surface area contributed by atoms with Crippen LogP contribution in [0.2, 0.25) is 0 Å². The Kier molecular flexibility index (Phi) is 7.40. The fourth-order valence-corrected chi connectivity index (χ4v) is 4.21. The second-order valence-corrected chi connectivity index (χ2v) is 8.73. The SMILES string of the molecule is COc1cc(/C=C/C(=O)N2CCC(C(=O)c3ccc4c(c3)OCCO4)CC2)ccc1OC(C)C. The molecule has 180 valence electrons. The molecule has 2 aliphatic rings. The van der Waals surface area contributed by atoms with Gasteiger partial charge in [-0.3, -0.25) is 9.59 Å². The van der Waals surface area contributed by atoms with Crippen molar-refractivity contribution in [1.29, 1.82) is 0 Å². The van der Waals surface area contributed by atoms with Crippen LogP contribution >= 0.6 is 0 Å². The molecule has 0 saturated carbocycles. The minimum absolute atomic E-state index is 0.0428. The molecule has 1 amide bonds. The number of ether oxygens (including phenoxy) is 4. The van der Waals surface area contributed by atoms with Gasteiger partial charge in [-0.15, -0.1) is 0 Å². The van der Waals surface area contributed by atoms with Crippen molar-refractivity contribution in [2.24, 2.45) is 5.92 Å². The standard InChI is InChI=1S/C27H31NO6/c1-18(2)34-23-7-4-19(16-24(23)31-3)5-9-26(29)28-12-10-20(11-13-28)27(30)21-6-8-22-25(17-21)33-15-14-32-22/h4-9,16-18,20H,10-15H2,1-3H3/b9-5+. The molecule has 1 saturated heterocycles. The second-order valence-electron chi connectivity index (χ2n) is 8.73. The Morgan fingerprint density at radius 2 is 1.74 bits per heavy atom. The summed E-state index contributed by atoms with van der Waals surface area (Å²) >= 11 is 0. The number of ketones is 1. The lowest BCUT2D eigenvalue weighted by molar-refractivity contribution is -0.127. The van der Waals surface area contributed by atoms with Crippen LogP contribution < -0.4 is 18.9 Å². The number of hydrogen-bond acceptors (Lipinski definition) is 6. The van der Waals surface area contributed by atoms with Gasteiger partial charge in [0, 0.05) is 30.6 Å². The van der Waals surface area contributed by atoms with Crippen molar-refractivity contribution in [2.75, 3.05) is 33.4 Å². The number of Topliss-reactive ketones (excluding diaryl/α,β-unsaturated/α-hetero) is 1. The molecule has 2 aromatic rings. The molecule has 0 unspecified atom stereocenters. The van der Waals surface area contributed by atoms with E-state index < -0.39 is 0 Å². The number of methoxy groups -OCH3 is 1. The molecule has 7 heteroatoms. The fraction of sp³-hybridized carbons (Fsp3) is 0.407. The van der Waals surface area contributed by atoms with E-state index in [-0.39, 0.29) is 23.7 Å². The number of benzene rings is 2. The van der Waals surface area contributed by atoms with Gasteiger partial charge in [-0.05, 0) is 68.7 Å². The zero-order chi connectivity index (χ0) is 24.1. The lowest BCUT2D eigenvalue weighted by Crippen LogP contribution is -2.39. The van der Waals surface area contributed by atoms with Crippen LogP contribution in [0.5, 0.6) is 23.0 Å². The Bertz CT molecular complexity index is 1070. The van der Waals surface area contributed by atoms with Gasteiger partial charge in [-0.1, -0.05) is 6.07 Å². The highest BCUT2D eigenvalue weighted by Crippen LogP contribution is 2.33. The number of carbonyl (C=O) groups excluding carboxylic acids is 2. The van der Waals surface area contributed by atoms with Gasteiger partial charge in [0.15, 0.2) is 28.8 Å². The Morgan fingerprint density at radius 3 is 2.44 bits per heavy atom. The van der Waals surface area contributed by atoms with E-state index in [1.54, 1.807) is 42.4 Å². The maximum atomic E-state index is 13.0. The number of carbonyl (C=O) groups is 2. The Hall–Kier alpha value is -3.48. The third-order valence-electron chi connectivity index (χ3n) is 5.97. The molecule has 0 aromatic heterocycles. The molecule has 0 radical (unpaired) electrons. The summed E-state index contributed by atoms with van der Waals surface area (Å²) in [7, 11) is 1.59. The quantitative estimate of drug-likeness (QED) is 0.446. The maximum Gasteiger partial charge on any atom is 0.246 e. The summed E-state index contributed by atoms with van der Waals surface area (Å²) in [6.45, 7) is 6.02. The van der Waals surface area contributed by atoms with Gasteiger partial charge < -0.3 is 23.8 Å². The van der Waals surface area contributed by atoms with Crippen molar-refractivity contribution < 1.29 is 28.5 Å². The summed E-state index contributed by atoms with van der Waals surface area (Å²) < 4.78 is 22.3. The summed E-state index contributed by atoms with van der Waals surface area (Å²) in [5.41, 5.74) is 1.48. The third-order valence-corrected chi connectivity index (χ3v) is 5.97. The third kappa shape index (κ3) is 5.53. The van der Waals surface area contributed by atoms with E-state index in [0.717, 1.165) is 5.56 Å². The monoisotopic (exact) mass is 465 g/mol. The molecule has 1 fully saturated rings. The van der Waals surface area contributed by atoms with Crippen LogP contribution in [0.3, 0.4) is 0 Å². The van der Waals surface area contributed by atoms with Crippen LogP contribution in [0.4, 0.5) is 0 Å². The minimum Gasteiger partial charge on any atom is -0.493 e. The summed E-state index contributed by atoms with van der Waals surface area (Å²) in [6.07, 6.45) is 4.67. The minimum atomic E-state index is -0.103. The molecule has 34 heavy (non-hydrogen) atoms. The second kappa shape index (κ2) is 10.6. The largest absolute Gasteiger partial charge is 0.493 e. The Morgan fingerprint density at radius 1 is 1.00 bits per heavy atom. The summed E-state index contributed by atoms with van der Waals surface area (Å²) in [5.74, 6) is 2.52. The van der Waals surface area contributed by atoms with E-state index in [1.165, 1.54) is 0 Å². The average Bonchev–Trinajstić information content (AvgIpc) is 2.87.